The largest absolute Gasteiger partial charge is 0.378 e. The summed E-state index contributed by atoms with van der Waals surface area (Å²) in [6.45, 7) is 2.00. The number of hydrogen-bond acceptors (Lipinski definition) is 2. The fourth-order valence-electron chi connectivity index (χ4n) is 2.88. The molecule has 3 heteroatoms. The van der Waals surface area contributed by atoms with Crippen LogP contribution in [0.3, 0.4) is 0 Å². The van der Waals surface area contributed by atoms with Gasteiger partial charge in [0.05, 0.1) is 6.10 Å². The molecule has 1 heterocycles. The molecule has 0 bridgehead atoms. The highest BCUT2D eigenvalue weighted by Gasteiger charge is 2.17. The van der Waals surface area contributed by atoms with Gasteiger partial charge in [-0.3, -0.25) is 0 Å². The molecule has 2 atom stereocenters. The lowest BCUT2D eigenvalue weighted by Gasteiger charge is -2.19. The molecule has 1 aliphatic rings. The van der Waals surface area contributed by atoms with Crippen LogP contribution in [0.4, 0.5) is 0 Å². The summed E-state index contributed by atoms with van der Waals surface area (Å²) >= 11 is 3.67. The summed E-state index contributed by atoms with van der Waals surface area (Å²) < 4.78 is 6.93. The van der Waals surface area contributed by atoms with Gasteiger partial charge in [-0.05, 0) is 50.3 Å². The molecule has 0 amide bonds. The highest BCUT2D eigenvalue weighted by molar-refractivity contribution is 9.10. The van der Waals surface area contributed by atoms with Crippen molar-refractivity contribution < 1.29 is 4.74 Å². The highest BCUT2D eigenvalue weighted by atomic mass is 79.9. The third-order valence-electron chi connectivity index (χ3n) is 3.90. The molecular formula is C16H24BrNO. The number of hydrogen-bond donors (Lipinski definition) is 1. The van der Waals surface area contributed by atoms with Crippen molar-refractivity contribution in [1.29, 1.82) is 0 Å². The van der Waals surface area contributed by atoms with Crippen molar-refractivity contribution in [3.8, 4) is 0 Å². The highest BCUT2D eigenvalue weighted by Crippen LogP contribution is 2.29. The van der Waals surface area contributed by atoms with Gasteiger partial charge in [-0.1, -0.05) is 40.5 Å². The Balaban J connectivity index is 1.87. The van der Waals surface area contributed by atoms with Gasteiger partial charge in [0.1, 0.15) is 0 Å². The first-order valence-electron chi connectivity index (χ1n) is 7.32. The first-order valence-corrected chi connectivity index (χ1v) is 8.11. The Hall–Kier alpha value is -0.380. The van der Waals surface area contributed by atoms with Crippen molar-refractivity contribution in [3.63, 3.8) is 0 Å². The van der Waals surface area contributed by atoms with E-state index < -0.39 is 0 Å². The Kier molecular flexibility index (Phi) is 6.35. The number of rotatable bonds is 7. The van der Waals surface area contributed by atoms with E-state index in [0.29, 0.717) is 12.0 Å². The number of benzene rings is 1. The Morgan fingerprint density at radius 2 is 2.26 bits per heavy atom. The molecule has 1 fully saturated rings. The maximum Gasteiger partial charge on any atom is 0.0576 e. The summed E-state index contributed by atoms with van der Waals surface area (Å²) in [5, 5.41) is 3.32. The average molecular weight is 326 g/mol. The van der Waals surface area contributed by atoms with E-state index in [0.717, 1.165) is 13.2 Å². The topological polar surface area (TPSA) is 21.3 Å². The number of nitrogens with one attached hydrogen (secondary N) is 1. The molecular weight excluding hydrogens is 302 g/mol. The Morgan fingerprint density at radius 3 is 2.95 bits per heavy atom. The van der Waals surface area contributed by atoms with Gasteiger partial charge < -0.3 is 10.1 Å². The molecule has 1 aromatic carbocycles. The van der Waals surface area contributed by atoms with E-state index in [1.807, 2.05) is 7.05 Å². The fraction of sp³-hybridized carbons (Fsp3) is 0.625. The molecule has 1 N–H and O–H groups in total. The lowest BCUT2D eigenvalue weighted by atomic mass is 9.92. The summed E-state index contributed by atoms with van der Waals surface area (Å²) in [5.41, 5.74) is 1.42. The number of ether oxygens (including phenoxy) is 1. The quantitative estimate of drug-likeness (QED) is 0.814. The van der Waals surface area contributed by atoms with Crippen molar-refractivity contribution in [3.05, 3.63) is 34.3 Å². The van der Waals surface area contributed by atoms with Crippen LogP contribution >= 0.6 is 15.9 Å². The molecule has 0 radical (unpaired) electrons. The van der Waals surface area contributed by atoms with Crippen LogP contribution in [0.25, 0.3) is 0 Å². The van der Waals surface area contributed by atoms with Crippen LogP contribution in [0.1, 0.15) is 43.6 Å². The minimum Gasteiger partial charge on any atom is -0.378 e. The Morgan fingerprint density at radius 1 is 1.42 bits per heavy atom. The molecule has 0 spiro atoms. The Bertz CT molecular complexity index is 377. The monoisotopic (exact) mass is 325 g/mol. The third kappa shape index (κ3) is 4.59. The van der Waals surface area contributed by atoms with E-state index >= 15 is 0 Å². The summed E-state index contributed by atoms with van der Waals surface area (Å²) in [6, 6.07) is 8.58. The number of halogens is 1. The van der Waals surface area contributed by atoms with Crippen LogP contribution in [-0.4, -0.2) is 26.3 Å². The van der Waals surface area contributed by atoms with Gasteiger partial charge in [-0.25, -0.2) is 0 Å². The van der Waals surface area contributed by atoms with Crippen molar-refractivity contribution in [2.75, 3.05) is 20.2 Å². The van der Waals surface area contributed by atoms with Crippen molar-refractivity contribution in [2.24, 2.45) is 0 Å². The van der Waals surface area contributed by atoms with Crippen molar-refractivity contribution in [1.82, 2.24) is 5.32 Å². The zero-order valence-corrected chi connectivity index (χ0v) is 13.3. The van der Waals surface area contributed by atoms with Crippen molar-refractivity contribution in [2.45, 2.75) is 44.1 Å². The molecule has 106 valence electrons. The van der Waals surface area contributed by atoms with Crippen LogP contribution in [0.5, 0.6) is 0 Å². The summed E-state index contributed by atoms with van der Waals surface area (Å²) in [5.74, 6) is 0.585. The fourth-order valence-corrected chi connectivity index (χ4v) is 3.49. The molecule has 19 heavy (non-hydrogen) atoms. The molecule has 0 aromatic heterocycles. The predicted octanol–water partition coefficient (Wildman–Crippen LogP) is 4.10. The SMILES string of the molecule is CNCC(CCCC1CCCO1)c1ccccc1Br. The molecule has 1 saturated heterocycles. The average Bonchev–Trinajstić information content (AvgIpc) is 2.92. The predicted molar refractivity (Wildman–Crippen MR) is 83.6 cm³/mol. The Labute approximate surface area is 125 Å². The minimum absolute atomic E-state index is 0.523. The van der Waals surface area contributed by atoms with E-state index in [4.69, 9.17) is 4.74 Å². The van der Waals surface area contributed by atoms with E-state index in [9.17, 15) is 0 Å². The maximum absolute atomic E-state index is 5.70. The molecule has 0 saturated carbocycles. The lowest BCUT2D eigenvalue weighted by molar-refractivity contribution is 0.101. The smallest absolute Gasteiger partial charge is 0.0576 e. The van der Waals surface area contributed by atoms with Gasteiger partial charge in [-0.2, -0.15) is 0 Å². The van der Waals surface area contributed by atoms with Gasteiger partial charge in [0.2, 0.25) is 0 Å². The third-order valence-corrected chi connectivity index (χ3v) is 4.62. The zero-order valence-electron chi connectivity index (χ0n) is 11.7. The van der Waals surface area contributed by atoms with Crippen LogP contribution in [-0.2, 0) is 4.74 Å². The van der Waals surface area contributed by atoms with E-state index in [1.165, 1.54) is 42.1 Å². The molecule has 1 aromatic rings. The van der Waals surface area contributed by atoms with Gasteiger partial charge in [-0.15, -0.1) is 0 Å². The molecule has 2 unspecified atom stereocenters. The number of likely N-dealkylation sites (N-methyl/N-ethyl adjacent to an activating group) is 1. The van der Waals surface area contributed by atoms with Gasteiger partial charge in [0.25, 0.3) is 0 Å². The van der Waals surface area contributed by atoms with E-state index in [1.54, 1.807) is 0 Å². The van der Waals surface area contributed by atoms with Gasteiger partial charge >= 0.3 is 0 Å². The first kappa shape index (κ1) is 15.0. The lowest BCUT2D eigenvalue weighted by Crippen LogP contribution is -2.18. The van der Waals surface area contributed by atoms with Gasteiger partial charge in [0, 0.05) is 17.6 Å². The van der Waals surface area contributed by atoms with Crippen LogP contribution in [0.15, 0.2) is 28.7 Å². The minimum atomic E-state index is 0.523. The van der Waals surface area contributed by atoms with Crippen LogP contribution in [0, 0.1) is 0 Å². The van der Waals surface area contributed by atoms with E-state index in [2.05, 4.69) is 45.5 Å². The second kappa shape index (κ2) is 8.03. The molecule has 2 nitrogen and oxygen atoms in total. The molecule has 0 aliphatic carbocycles. The van der Waals surface area contributed by atoms with Crippen LogP contribution < -0.4 is 5.32 Å². The normalized spacial score (nSPS) is 20.6. The molecule has 2 rings (SSSR count). The van der Waals surface area contributed by atoms with E-state index in [-0.39, 0.29) is 0 Å². The zero-order chi connectivity index (χ0) is 13.5. The molecule has 1 aliphatic heterocycles. The maximum atomic E-state index is 5.70. The summed E-state index contributed by atoms with van der Waals surface area (Å²) in [7, 11) is 2.03. The van der Waals surface area contributed by atoms with Crippen LogP contribution in [0.2, 0.25) is 0 Å². The van der Waals surface area contributed by atoms with Gasteiger partial charge in [0.15, 0.2) is 0 Å². The summed E-state index contributed by atoms with van der Waals surface area (Å²) in [6.07, 6.45) is 6.71. The standard InChI is InChI=1S/C16H24BrNO/c1-18-12-13(15-9-2-3-10-16(15)17)6-4-7-14-8-5-11-19-14/h2-3,9-10,13-14,18H,4-8,11-12H2,1H3. The second-order valence-electron chi connectivity index (χ2n) is 5.34. The van der Waals surface area contributed by atoms with Crippen molar-refractivity contribution >= 4 is 15.9 Å². The second-order valence-corrected chi connectivity index (χ2v) is 6.20. The first-order chi connectivity index (χ1) is 9.31. The summed E-state index contributed by atoms with van der Waals surface area (Å²) in [4.78, 5) is 0.